The van der Waals surface area contributed by atoms with E-state index in [1.165, 1.54) is 45.2 Å². The van der Waals surface area contributed by atoms with Crippen LogP contribution >= 0.6 is 0 Å². The Morgan fingerprint density at radius 3 is 2.56 bits per heavy atom. The van der Waals surface area contributed by atoms with Crippen LogP contribution in [-0.4, -0.2) is 65.4 Å². The van der Waals surface area contributed by atoms with Gasteiger partial charge in [0.05, 0.1) is 18.4 Å². The minimum atomic E-state index is -4.90. The minimum Gasteiger partial charge on any atom is -0.495 e. The lowest BCUT2D eigenvalue weighted by Crippen LogP contribution is -2.43. The van der Waals surface area contributed by atoms with E-state index in [2.05, 4.69) is 25.5 Å². The van der Waals surface area contributed by atoms with E-state index in [-0.39, 0.29) is 46.1 Å². The summed E-state index contributed by atoms with van der Waals surface area (Å²) < 4.78 is 73.3. The number of anilines is 2. The Hall–Kier alpha value is -4.46. The number of halogens is 4. The van der Waals surface area contributed by atoms with E-state index in [1.54, 1.807) is 0 Å². The number of hydrogen-bond donors (Lipinski definition) is 2. The molecule has 3 heterocycles. The van der Waals surface area contributed by atoms with Gasteiger partial charge in [0, 0.05) is 18.3 Å². The van der Waals surface area contributed by atoms with Crippen LogP contribution in [0.1, 0.15) is 53.0 Å². The van der Waals surface area contributed by atoms with Crippen molar-refractivity contribution in [3.05, 3.63) is 59.0 Å². The van der Waals surface area contributed by atoms with Crippen molar-refractivity contribution in [1.29, 1.82) is 0 Å². The standard InChI is InChI=1S/C29H29F4N5O5/c1-28(2)24(39)23-20(6-5-7-21(23)43-28)42-26-17(29(31,32)33)14-34-27(37-26)36-19-13-18(30)16(12-22(19)41-4)25(40)35-15-8-10-38(3)11-9-15/h5-7,12-15H,8-11H2,1-4H3,(H,35,40)(H,34,36,37). The molecule has 2 aliphatic rings. The molecular weight excluding hydrogens is 574 g/mol. The monoisotopic (exact) mass is 603 g/mol. The third-order valence-electron chi connectivity index (χ3n) is 7.23. The number of hydrogen-bond acceptors (Lipinski definition) is 9. The molecule has 1 amide bonds. The smallest absolute Gasteiger partial charge is 0.423 e. The number of amides is 1. The summed E-state index contributed by atoms with van der Waals surface area (Å²) in [6.07, 6.45) is -2.96. The first-order valence-corrected chi connectivity index (χ1v) is 13.4. The van der Waals surface area contributed by atoms with E-state index in [0.29, 0.717) is 6.20 Å². The molecule has 2 aliphatic heterocycles. The van der Waals surface area contributed by atoms with Crippen molar-refractivity contribution in [1.82, 2.24) is 20.2 Å². The molecule has 0 aliphatic carbocycles. The zero-order valence-electron chi connectivity index (χ0n) is 23.8. The summed E-state index contributed by atoms with van der Waals surface area (Å²) in [4.78, 5) is 35.4. The van der Waals surface area contributed by atoms with E-state index < -0.39 is 40.7 Å². The minimum absolute atomic E-state index is 0.0201. The SMILES string of the molecule is COc1cc(C(=O)NC2CCN(C)CC2)c(F)cc1Nc1ncc(C(F)(F)F)c(Oc2cccc3c2C(=O)C(C)(C)O3)n1. The fraction of sp³-hybridized carbons (Fsp3) is 0.379. The van der Waals surface area contributed by atoms with Gasteiger partial charge in [0.15, 0.2) is 5.60 Å². The molecule has 0 radical (unpaired) electrons. The highest BCUT2D eigenvalue weighted by molar-refractivity contribution is 6.09. The van der Waals surface area contributed by atoms with E-state index in [0.717, 1.165) is 32.0 Å². The maximum atomic E-state index is 15.1. The number of ketones is 1. The van der Waals surface area contributed by atoms with Crippen molar-refractivity contribution < 1.29 is 41.4 Å². The lowest BCUT2D eigenvalue weighted by atomic mass is 9.99. The van der Waals surface area contributed by atoms with Gasteiger partial charge in [-0.1, -0.05) is 6.07 Å². The molecule has 2 N–H and O–H groups in total. The number of Topliss-reactive ketones (excluding diaryl/α,β-unsaturated/α-hetero) is 1. The number of benzene rings is 2. The third kappa shape index (κ3) is 6.19. The molecule has 14 heteroatoms. The molecular formula is C29H29F4N5O5. The van der Waals surface area contributed by atoms with Crippen molar-refractivity contribution in [3.63, 3.8) is 0 Å². The summed E-state index contributed by atoms with van der Waals surface area (Å²) in [5.41, 5.74) is -2.87. The molecule has 1 saturated heterocycles. The van der Waals surface area contributed by atoms with Gasteiger partial charge < -0.3 is 29.7 Å². The second kappa shape index (κ2) is 11.3. The molecule has 1 fully saturated rings. The lowest BCUT2D eigenvalue weighted by molar-refractivity contribution is -0.139. The van der Waals surface area contributed by atoms with Gasteiger partial charge in [0.2, 0.25) is 17.6 Å². The number of fused-ring (bicyclic) bond motifs is 1. The predicted octanol–water partition coefficient (Wildman–Crippen LogP) is 5.36. The van der Waals surface area contributed by atoms with Gasteiger partial charge in [-0.3, -0.25) is 9.59 Å². The number of carbonyl (C=O) groups is 2. The topological polar surface area (TPSA) is 115 Å². The summed E-state index contributed by atoms with van der Waals surface area (Å²) in [7, 11) is 3.27. The van der Waals surface area contributed by atoms with E-state index >= 15 is 4.39 Å². The van der Waals surface area contributed by atoms with Crippen LogP contribution in [0.25, 0.3) is 0 Å². The highest BCUT2D eigenvalue weighted by atomic mass is 19.4. The lowest BCUT2D eigenvalue weighted by Gasteiger charge is -2.29. The highest BCUT2D eigenvalue weighted by Gasteiger charge is 2.43. The van der Waals surface area contributed by atoms with Crippen LogP contribution in [0.15, 0.2) is 36.5 Å². The van der Waals surface area contributed by atoms with E-state index in [1.807, 2.05) is 7.05 Å². The van der Waals surface area contributed by atoms with Crippen LogP contribution in [0.4, 0.5) is 29.2 Å². The fourth-order valence-corrected chi connectivity index (χ4v) is 4.86. The second-order valence-electron chi connectivity index (χ2n) is 10.8. The number of piperidine rings is 1. The number of alkyl halides is 3. The Labute approximate surface area is 244 Å². The van der Waals surface area contributed by atoms with Crippen molar-refractivity contribution in [2.45, 2.75) is 44.5 Å². The van der Waals surface area contributed by atoms with Crippen LogP contribution < -0.4 is 24.8 Å². The van der Waals surface area contributed by atoms with Crippen molar-refractivity contribution in [3.8, 4) is 23.1 Å². The van der Waals surface area contributed by atoms with Crippen molar-refractivity contribution >= 4 is 23.3 Å². The van der Waals surface area contributed by atoms with Crippen LogP contribution in [0, 0.1) is 5.82 Å². The summed E-state index contributed by atoms with van der Waals surface area (Å²) in [6, 6.07) is 6.34. The van der Waals surface area contributed by atoms with E-state index in [9.17, 15) is 22.8 Å². The molecule has 1 aromatic heterocycles. The molecule has 10 nitrogen and oxygen atoms in total. The number of carbonyl (C=O) groups excluding carboxylic acids is 2. The Bertz CT molecular complexity index is 1570. The van der Waals surface area contributed by atoms with Gasteiger partial charge in [0.1, 0.15) is 34.2 Å². The Morgan fingerprint density at radius 2 is 1.88 bits per heavy atom. The van der Waals surface area contributed by atoms with Gasteiger partial charge >= 0.3 is 6.18 Å². The van der Waals surface area contributed by atoms with Crippen LogP contribution in [0.3, 0.4) is 0 Å². The molecule has 0 atom stereocenters. The maximum absolute atomic E-state index is 15.1. The van der Waals surface area contributed by atoms with Gasteiger partial charge in [-0.2, -0.15) is 18.2 Å². The molecule has 43 heavy (non-hydrogen) atoms. The number of rotatable bonds is 7. The number of ether oxygens (including phenoxy) is 3. The third-order valence-corrected chi connectivity index (χ3v) is 7.23. The Kier molecular flexibility index (Phi) is 7.90. The average molecular weight is 604 g/mol. The number of nitrogens with one attached hydrogen (secondary N) is 2. The first-order valence-electron chi connectivity index (χ1n) is 13.4. The molecule has 0 unspecified atom stereocenters. The number of methoxy groups -OCH3 is 1. The predicted molar refractivity (Wildman–Crippen MR) is 147 cm³/mol. The molecule has 2 aromatic carbocycles. The number of aromatic nitrogens is 2. The van der Waals surface area contributed by atoms with E-state index in [4.69, 9.17) is 14.2 Å². The summed E-state index contributed by atoms with van der Waals surface area (Å²) in [6.45, 7) is 4.66. The largest absolute Gasteiger partial charge is 0.495 e. The molecule has 0 bridgehead atoms. The average Bonchev–Trinajstić information content (AvgIpc) is 3.18. The molecule has 5 rings (SSSR count). The molecule has 0 spiro atoms. The Balaban J connectivity index is 1.43. The van der Waals surface area contributed by atoms with Gasteiger partial charge in [-0.05, 0) is 65.0 Å². The normalized spacial score (nSPS) is 16.8. The van der Waals surface area contributed by atoms with Crippen LogP contribution in [0.5, 0.6) is 23.1 Å². The number of nitrogens with zero attached hydrogens (tertiary/aromatic N) is 3. The first-order chi connectivity index (χ1) is 20.3. The maximum Gasteiger partial charge on any atom is 0.423 e. The summed E-state index contributed by atoms with van der Waals surface area (Å²) in [5, 5.41) is 5.46. The zero-order valence-corrected chi connectivity index (χ0v) is 23.8. The molecule has 0 saturated carbocycles. The fourth-order valence-electron chi connectivity index (χ4n) is 4.86. The molecule has 3 aromatic rings. The quantitative estimate of drug-likeness (QED) is 0.345. The second-order valence-corrected chi connectivity index (χ2v) is 10.8. The van der Waals surface area contributed by atoms with Crippen molar-refractivity contribution in [2.75, 3.05) is 32.6 Å². The van der Waals surface area contributed by atoms with Gasteiger partial charge in [-0.25, -0.2) is 9.37 Å². The molecule has 228 valence electrons. The number of likely N-dealkylation sites (tertiary alicyclic amines) is 1. The van der Waals surface area contributed by atoms with Crippen LogP contribution in [-0.2, 0) is 6.18 Å². The highest BCUT2D eigenvalue weighted by Crippen LogP contribution is 2.44. The van der Waals surface area contributed by atoms with Crippen molar-refractivity contribution in [2.24, 2.45) is 0 Å². The Morgan fingerprint density at radius 1 is 1.16 bits per heavy atom. The summed E-state index contributed by atoms with van der Waals surface area (Å²) in [5.74, 6) is -3.27. The summed E-state index contributed by atoms with van der Waals surface area (Å²) >= 11 is 0. The zero-order chi connectivity index (χ0) is 31.1. The van der Waals surface area contributed by atoms with Gasteiger partial charge in [-0.15, -0.1) is 0 Å². The van der Waals surface area contributed by atoms with Gasteiger partial charge in [0.25, 0.3) is 5.91 Å². The van der Waals surface area contributed by atoms with Crippen LogP contribution in [0.2, 0.25) is 0 Å². The first kappa shape index (κ1) is 30.0.